The Morgan fingerprint density at radius 3 is 2.72 bits per heavy atom. The third kappa shape index (κ3) is 3.05. The number of nitrogens with one attached hydrogen (secondary N) is 1. The van der Waals surface area contributed by atoms with Gasteiger partial charge in [-0.1, -0.05) is 72.3 Å². The van der Waals surface area contributed by atoms with E-state index in [1.165, 1.54) is 0 Å². The Bertz CT molecular complexity index is 993. The molecule has 0 aromatic heterocycles. The Balaban J connectivity index is 1.34. The highest BCUT2D eigenvalue weighted by molar-refractivity contribution is 6.31. The maximum Gasteiger partial charge on any atom is 0.230 e. The van der Waals surface area contributed by atoms with Gasteiger partial charge < -0.3 is 15.0 Å². The molecule has 148 valence electrons. The first-order chi connectivity index (χ1) is 14.1. The standard InChI is InChI=1S/C23H21ClN2O3/c24-17-9-5-4-8-16(17)13-26-14-23-11-10-18(29-23)19(20(23)22(26)28)21(27)25-12-15-6-2-1-3-7-15/h1-11,18-20H,12-14H2,(H,25,27)/t18-,19-,20-,23+/m0/s1. The SMILES string of the molecule is O=C(NCc1ccccc1)[C@H]1[C@@H]2C=C[C@]3(CN(Cc4ccccc4Cl)C(=O)[C@H]13)O2. The van der Waals surface area contributed by atoms with Gasteiger partial charge in [-0.3, -0.25) is 9.59 Å². The second-order valence-electron chi connectivity index (χ2n) is 7.89. The summed E-state index contributed by atoms with van der Waals surface area (Å²) in [4.78, 5) is 28.0. The van der Waals surface area contributed by atoms with Crippen molar-refractivity contribution < 1.29 is 14.3 Å². The lowest BCUT2D eigenvalue weighted by molar-refractivity contribution is -0.137. The summed E-state index contributed by atoms with van der Waals surface area (Å²) in [5.41, 5.74) is 1.20. The van der Waals surface area contributed by atoms with Crippen LogP contribution in [0.2, 0.25) is 5.02 Å². The number of likely N-dealkylation sites (tertiary alicyclic amines) is 1. The number of carbonyl (C=O) groups excluding carboxylic acids is 2. The largest absolute Gasteiger partial charge is 0.360 e. The molecule has 2 fully saturated rings. The van der Waals surface area contributed by atoms with Crippen molar-refractivity contribution >= 4 is 23.4 Å². The van der Waals surface area contributed by atoms with Gasteiger partial charge in [-0.2, -0.15) is 0 Å². The normalized spacial score (nSPS) is 29.3. The third-order valence-corrected chi connectivity index (χ3v) is 6.48. The number of carbonyl (C=O) groups is 2. The van der Waals surface area contributed by atoms with Crippen LogP contribution in [0.25, 0.3) is 0 Å². The first-order valence-corrected chi connectivity index (χ1v) is 10.2. The first-order valence-electron chi connectivity index (χ1n) is 9.78. The minimum atomic E-state index is -0.711. The lowest BCUT2D eigenvalue weighted by Gasteiger charge is -2.23. The molecule has 0 aliphatic carbocycles. The predicted octanol–water partition coefficient (Wildman–Crippen LogP) is 2.94. The molecule has 2 aromatic carbocycles. The van der Waals surface area contributed by atoms with E-state index in [0.29, 0.717) is 24.7 Å². The van der Waals surface area contributed by atoms with Crippen molar-refractivity contribution in [2.45, 2.75) is 24.8 Å². The molecular formula is C23H21ClN2O3. The summed E-state index contributed by atoms with van der Waals surface area (Å²) in [5.74, 6) is -1.18. The van der Waals surface area contributed by atoms with Gasteiger partial charge in [-0.15, -0.1) is 0 Å². The average Bonchev–Trinajstić information content (AvgIpc) is 3.37. The molecule has 4 atom stereocenters. The zero-order valence-electron chi connectivity index (χ0n) is 15.8. The summed E-state index contributed by atoms with van der Waals surface area (Å²) in [6.07, 6.45) is 3.55. The predicted molar refractivity (Wildman–Crippen MR) is 109 cm³/mol. The molecule has 2 amide bonds. The molecule has 3 aliphatic rings. The highest BCUT2D eigenvalue weighted by atomic mass is 35.5. The zero-order chi connectivity index (χ0) is 20.0. The molecule has 2 bridgehead atoms. The molecule has 2 saturated heterocycles. The summed E-state index contributed by atoms with van der Waals surface area (Å²) in [7, 11) is 0. The molecule has 0 saturated carbocycles. The van der Waals surface area contributed by atoms with Gasteiger partial charge in [0.2, 0.25) is 11.8 Å². The van der Waals surface area contributed by atoms with E-state index in [4.69, 9.17) is 16.3 Å². The van der Waals surface area contributed by atoms with E-state index in [-0.39, 0.29) is 17.9 Å². The Labute approximate surface area is 174 Å². The second kappa shape index (κ2) is 7.01. The monoisotopic (exact) mass is 408 g/mol. The van der Waals surface area contributed by atoms with Crippen LogP contribution in [0.1, 0.15) is 11.1 Å². The van der Waals surface area contributed by atoms with E-state index >= 15 is 0 Å². The van der Waals surface area contributed by atoms with Gasteiger partial charge in [-0.25, -0.2) is 0 Å². The van der Waals surface area contributed by atoms with Crippen molar-refractivity contribution in [1.29, 1.82) is 0 Å². The van der Waals surface area contributed by atoms with Crippen LogP contribution in [-0.2, 0) is 27.4 Å². The minimum absolute atomic E-state index is 0.0448. The van der Waals surface area contributed by atoms with E-state index in [2.05, 4.69) is 5.32 Å². The number of hydrogen-bond donors (Lipinski definition) is 1. The molecule has 5 nitrogen and oxygen atoms in total. The molecule has 0 radical (unpaired) electrons. The van der Waals surface area contributed by atoms with Gasteiger partial charge in [0.05, 0.1) is 24.5 Å². The maximum atomic E-state index is 13.3. The van der Waals surface area contributed by atoms with Gasteiger partial charge >= 0.3 is 0 Å². The molecular weight excluding hydrogens is 388 g/mol. The number of hydrogen-bond acceptors (Lipinski definition) is 3. The molecule has 3 heterocycles. The highest BCUT2D eigenvalue weighted by Gasteiger charge is 2.66. The molecule has 1 N–H and O–H groups in total. The average molecular weight is 409 g/mol. The van der Waals surface area contributed by atoms with Crippen LogP contribution in [0.15, 0.2) is 66.7 Å². The Morgan fingerprint density at radius 1 is 1.17 bits per heavy atom. The van der Waals surface area contributed by atoms with Crippen LogP contribution in [0.4, 0.5) is 0 Å². The summed E-state index contributed by atoms with van der Waals surface area (Å²) in [6.45, 7) is 1.29. The topological polar surface area (TPSA) is 58.6 Å². The van der Waals surface area contributed by atoms with Crippen molar-refractivity contribution in [3.63, 3.8) is 0 Å². The molecule has 29 heavy (non-hydrogen) atoms. The van der Waals surface area contributed by atoms with Crippen molar-refractivity contribution in [3.8, 4) is 0 Å². The van der Waals surface area contributed by atoms with E-state index in [1.807, 2.05) is 66.7 Å². The van der Waals surface area contributed by atoms with Crippen LogP contribution in [0.3, 0.4) is 0 Å². The quantitative estimate of drug-likeness (QED) is 0.774. The molecule has 2 aromatic rings. The lowest BCUT2D eigenvalue weighted by Crippen LogP contribution is -2.43. The highest BCUT2D eigenvalue weighted by Crippen LogP contribution is 2.52. The van der Waals surface area contributed by atoms with Crippen molar-refractivity contribution in [2.75, 3.05) is 6.54 Å². The van der Waals surface area contributed by atoms with E-state index in [9.17, 15) is 9.59 Å². The summed E-state index contributed by atoms with van der Waals surface area (Å²) in [5, 5.41) is 3.62. The van der Waals surface area contributed by atoms with Gasteiger partial charge in [0.1, 0.15) is 5.60 Å². The first kappa shape index (κ1) is 18.4. The van der Waals surface area contributed by atoms with E-state index < -0.39 is 17.4 Å². The number of benzene rings is 2. The molecule has 6 heteroatoms. The zero-order valence-corrected chi connectivity index (χ0v) is 16.5. The number of fused-ring (bicyclic) bond motifs is 1. The Hall–Kier alpha value is -2.63. The van der Waals surface area contributed by atoms with E-state index in [0.717, 1.165) is 11.1 Å². The van der Waals surface area contributed by atoms with Crippen LogP contribution in [-0.4, -0.2) is 35.0 Å². The van der Waals surface area contributed by atoms with Crippen molar-refractivity contribution in [3.05, 3.63) is 82.9 Å². The summed E-state index contributed by atoms with van der Waals surface area (Å²) in [6, 6.07) is 17.2. The summed E-state index contributed by atoms with van der Waals surface area (Å²) < 4.78 is 6.17. The van der Waals surface area contributed by atoms with Gasteiger partial charge in [0.25, 0.3) is 0 Å². The Morgan fingerprint density at radius 2 is 1.93 bits per heavy atom. The van der Waals surface area contributed by atoms with Crippen LogP contribution < -0.4 is 5.32 Å². The fourth-order valence-electron chi connectivity index (χ4n) is 4.75. The van der Waals surface area contributed by atoms with E-state index in [1.54, 1.807) is 4.90 Å². The summed E-state index contributed by atoms with van der Waals surface area (Å²) >= 11 is 6.28. The van der Waals surface area contributed by atoms with Crippen molar-refractivity contribution in [1.82, 2.24) is 10.2 Å². The Kier molecular flexibility index (Phi) is 4.45. The molecule has 0 unspecified atom stereocenters. The van der Waals surface area contributed by atoms with Gasteiger partial charge in [-0.05, 0) is 17.2 Å². The molecule has 5 rings (SSSR count). The second-order valence-corrected chi connectivity index (χ2v) is 8.30. The number of ether oxygens (including phenoxy) is 1. The number of nitrogens with zero attached hydrogens (tertiary/aromatic N) is 1. The lowest BCUT2D eigenvalue weighted by atomic mass is 9.77. The molecule has 1 spiro atoms. The maximum absolute atomic E-state index is 13.3. The fraction of sp³-hybridized carbons (Fsp3) is 0.304. The van der Waals surface area contributed by atoms with Crippen LogP contribution >= 0.6 is 11.6 Å². The van der Waals surface area contributed by atoms with Crippen LogP contribution in [0, 0.1) is 11.8 Å². The minimum Gasteiger partial charge on any atom is -0.360 e. The smallest absolute Gasteiger partial charge is 0.230 e. The number of rotatable bonds is 5. The third-order valence-electron chi connectivity index (χ3n) is 6.11. The number of halogens is 1. The van der Waals surface area contributed by atoms with Crippen molar-refractivity contribution in [2.24, 2.45) is 11.8 Å². The fourth-order valence-corrected chi connectivity index (χ4v) is 4.94. The van der Waals surface area contributed by atoms with Gasteiger partial charge in [0.15, 0.2) is 0 Å². The van der Waals surface area contributed by atoms with Gasteiger partial charge in [0, 0.05) is 18.1 Å². The van der Waals surface area contributed by atoms with Crippen LogP contribution in [0.5, 0.6) is 0 Å². The molecule has 3 aliphatic heterocycles. The number of amides is 2.